The lowest BCUT2D eigenvalue weighted by Crippen LogP contribution is -2.56. The molecule has 162 valence electrons. The summed E-state index contributed by atoms with van der Waals surface area (Å²) in [5, 5.41) is 3.58. The molecule has 1 heterocycles. The number of amides is 1. The third-order valence-corrected chi connectivity index (χ3v) is 5.77. The third kappa shape index (κ3) is 4.96. The Kier molecular flexibility index (Phi) is 7.75. The Bertz CT molecular complexity index is 821. The molecule has 0 fully saturated rings. The van der Waals surface area contributed by atoms with E-state index >= 15 is 0 Å². The average Bonchev–Trinajstić information content (AvgIpc) is 2.76. The molecule has 0 saturated heterocycles. The average molecular weight is 411 g/mol. The third-order valence-electron chi connectivity index (χ3n) is 5.77. The molecule has 0 saturated carbocycles. The van der Waals surface area contributed by atoms with Crippen LogP contribution in [-0.2, 0) is 10.4 Å². The highest BCUT2D eigenvalue weighted by atomic mass is 16.5. The number of carbonyl (C=O) groups is 1. The van der Waals surface area contributed by atoms with E-state index in [2.05, 4.69) is 12.2 Å². The van der Waals surface area contributed by atoms with Gasteiger partial charge in [0.25, 0.3) is 5.91 Å². The molecule has 1 aliphatic heterocycles. The number of benzene rings is 2. The van der Waals surface area contributed by atoms with E-state index in [0.717, 1.165) is 30.0 Å². The van der Waals surface area contributed by atoms with E-state index in [4.69, 9.17) is 9.47 Å². The molecule has 5 nitrogen and oxygen atoms in total. The van der Waals surface area contributed by atoms with Crippen LogP contribution in [0.1, 0.15) is 61.9 Å². The molecule has 0 bridgehead atoms. The van der Waals surface area contributed by atoms with Crippen molar-refractivity contribution in [2.75, 3.05) is 32.2 Å². The lowest BCUT2D eigenvalue weighted by atomic mass is 9.93. The smallest absolute Gasteiger partial charge is 0.258 e. The molecule has 1 atom stereocenters. The van der Waals surface area contributed by atoms with Crippen LogP contribution in [0.4, 0.5) is 5.69 Å². The molecule has 1 unspecified atom stereocenters. The number of nitrogens with zero attached hydrogens (tertiary/aromatic N) is 1. The highest BCUT2D eigenvalue weighted by molar-refractivity contribution is 6.02. The second kappa shape index (κ2) is 10.5. The molecule has 1 aliphatic rings. The molecule has 0 spiro atoms. The normalized spacial score (nSPS) is 18.1. The molecule has 0 radical (unpaired) electrons. The summed E-state index contributed by atoms with van der Waals surface area (Å²) in [5.74, 6) is 0.875. The minimum absolute atomic E-state index is 0.0105. The fourth-order valence-electron chi connectivity index (χ4n) is 3.96. The van der Waals surface area contributed by atoms with Gasteiger partial charge in [-0.05, 0) is 43.2 Å². The Balaban J connectivity index is 1.74. The van der Waals surface area contributed by atoms with Crippen LogP contribution in [0.3, 0.4) is 0 Å². The van der Waals surface area contributed by atoms with Gasteiger partial charge in [0.05, 0.1) is 18.8 Å². The summed E-state index contributed by atoms with van der Waals surface area (Å²) in [6.07, 6.45) is 6.11. The number of fused-ring (bicyclic) bond motifs is 1. The SMILES string of the molecule is CCCCCCCOc1ccc(C2(C)Nc3ccccc3C(=O)N2CCOC)cc1. The van der Waals surface area contributed by atoms with Crippen LogP contribution in [0.5, 0.6) is 5.75 Å². The maximum atomic E-state index is 13.2. The summed E-state index contributed by atoms with van der Waals surface area (Å²) >= 11 is 0. The summed E-state index contributed by atoms with van der Waals surface area (Å²) in [7, 11) is 1.65. The Labute approximate surface area is 180 Å². The molecule has 1 amide bonds. The van der Waals surface area contributed by atoms with Gasteiger partial charge in [-0.25, -0.2) is 0 Å². The zero-order valence-electron chi connectivity index (χ0n) is 18.4. The van der Waals surface area contributed by atoms with Gasteiger partial charge in [-0.15, -0.1) is 0 Å². The van der Waals surface area contributed by atoms with E-state index in [1.807, 2.05) is 60.4 Å². The van der Waals surface area contributed by atoms with Crippen molar-refractivity contribution in [3.63, 3.8) is 0 Å². The number of rotatable bonds is 11. The molecule has 1 N–H and O–H groups in total. The fourth-order valence-corrected chi connectivity index (χ4v) is 3.96. The summed E-state index contributed by atoms with van der Waals surface area (Å²) in [6.45, 7) is 5.99. The van der Waals surface area contributed by atoms with Crippen LogP contribution < -0.4 is 10.1 Å². The summed E-state index contributed by atoms with van der Waals surface area (Å²) < 4.78 is 11.2. The first-order valence-corrected chi connectivity index (χ1v) is 11.0. The number of methoxy groups -OCH3 is 1. The summed E-state index contributed by atoms with van der Waals surface area (Å²) in [4.78, 5) is 15.1. The van der Waals surface area contributed by atoms with E-state index in [9.17, 15) is 4.79 Å². The summed E-state index contributed by atoms with van der Waals surface area (Å²) in [6, 6.07) is 15.7. The Morgan fingerprint density at radius 2 is 1.70 bits per heavy atom. The van der Waals surface area contributed by atoms with E-state index in [-0.39, 0.29) is 5.91 Å². The Hall–Kier alpha value is -2.53. The van der Waals surface area contributed by atoms with Crippen molar-refractivity contribution < 1.29 is 14.3 Å². The lowest BCUT2D eigenvalue weighted by molar-refractivity contribution is 0.0438. The van der Waals surface area contributed by atoms with Gasteiger partial charge >= 0.3 is 0 Å². The van der Waals surface area contributed by atoms with Gasteiger partial charge < -0.3 is 19.7 Å². The van der Waals surface area contributed by atoms with Crippen LogP contribution in [0.2, 0.25) is 0 Å². The number of para-hydroxylation sites is 1. The van der Waals surface area contributed by atoms with Crippen LogP contribution in [0, 0.1) is 0 Å². The maximum Gasteiger partial charge on any atom is 0.258 e. The standard InChI is InChI=1S/C25H34N2O3/c1-4-5-6-7-10-18-30-21-15-13-20(14-16-21)25(2)26-23-12-9-8-11-22(23)24(28)27(25)17-19-29-3/h8-9,11-16,26H,4-7,10,17-19H2,1-3H3. The number of ether oxygens (including phenoxy) is 2. The molecule has 3 rings (SSSR count). The van der Waals surface area contributed by atoms with Gasteiger partial charge in [-0.1, -0.05) is 56.9 Å². The number of carbonyl (C=O) groups excluding carboxylic acids is 1. The van der Waals surface area contributed by atoms with Crippen molar-refractivity contribution in [1.82, 2.24) is 4.90 Å². The van der Waals surface area contributed by atoms with Crippen molar-refractivity contribution >= 4 is 11.6 Å². The first-order chi connectivity index (χ1) is 14.6. The molecule has 2 aromatic rings. The number of hydrogen-bond acceptors (Lipinski definition) is 4. The Morgan fingerprint density at radius 1 is 0.967 bits per heavy atom. The van der Waals surface area contributed by atoms with Crippen molar-refractivity contribution in [2.45, 2.75) is 51.6 Å². The molecule has 30 heavy (non-hydrogen) atoms. The molecular weight excluding hydrogens is 376 g/mol. The Morgan fingerprint density at radius 3 is 2.43 bits per heavy atom. The topological polar surface area (TPSA) is 50.8 Å². The zero-order chi connectivity index (χ0) is 21.4. The first-order valence-electron chi connectivity index (χ1n) is 11.0. The van der Waals surface area contributed by atoms with Crippen molar-refractivity contribution in [1.29, 1.82) is 0 Å². The number of unbranched alkanes of at least 4 members (excludes halogenated alkanes) is 4. The van der Waals surface area contributed by atoms with Gasteiger partial charge in [0.1, 0.15) is 11.4 Å². The van der Waals surface area contributed by atoms with Crippen LogP contribution in [0.15, 0.2) is 48.5 Å². The van der Waals surface area contributed by atoms with E-state index in [1.54, 1.807) is 7.11 Å². The van der Waals surface area contributed by atoms with Gasteiger partial charge in [-0.2, -0.15) is 0 Å². The van der Waals surface area contributed by atoms with E-state index < -0.39 is 5.66 Å². The van der Waals surface area contributed by atoms with Crippen molar-refractivity contribution in [2.24, 2.45) is 0 Å². The van der Waals surface area contributed by atoms with Crippen LogP contribution in [-0.4, -0.2) is 37.7 Å². The second-order valence-corrected chi connectivity index (χ2v) is 7.98. The molecule has 0 aromatic heterocycles. The highest BCUT2D eigenvalue weighted by Gasteiger charge is 2.42. The van der Waals surface area contributed by atoms with E-state index in [0.29, 0.717) is 18.7 Å². The number of hydrogen-bond donors (Lipinski definition) is 1. The van der Waals surface area contributed by atoms with Gasteiger partial charge in [0, 0.05) is 19.3 Å². The highest BCUT2D eigenvalue weighted by Crippen LogP contribution is 2.38. The first kappa shape index (κ1) is 22.2. The molecule has 0 aliphatic carbocycles. The fraction of sp³-hybridized carbons (Fsp3) is 0.480. The monoisotopic (exact) mass is 410 g/mol. The van der Waals surface area contributed by atoms with Crippen molar-refractivity contribution in [3.8, 4) is 5.75 Å². The van der Waals surface area contributed by atoms with Crippen molar-refractivity contribution in [3.05, 3.63) is 59.7 Å². The van der Waals surface area contributed by atoms with E-state index in [1.165, 1.54) is 25.7 Å². The summed E-state index contributed by atoms with van der Waals surface area (Å²) in [5.41, 5.74) is 1.89. The number of nitrogens with one attached hydrogen (secondary N) is 1. The molecule has 2 aromatic carbocycles. The molecule has 5 heteroatoms. The van der Waals surface area contributed by atoms with Crippen LogP contribution >= 0.6 is 0 Å². The largest absolute Gasteiger partial charge is 0.494 e. The quantitative estimate of drug-likeness (QED) is 0.502. The van der Waals surface area contributed by atoms with Gasteiger partial charge in [-0.3, -0.25) is 4.79 Å². The van der Waals surface area contributed by atoms with Crippen LogP contribution in [0.25, 0.3) is 0 Å². The minimum atomic E-state index is -0.664. The maximum absolute atomic E-state index is 13.2. The van der Waals surface area contributed by atoms with Gasteiger partial charge in [0.15, 0.2) is 0 Å². The second-order valence-electron chi connectivity index (χ2n) is 7.98. The number of anilines is 1. The minimum Gasteiger partial charge on any atom is -0.494 e. The zero-order valence-corrected chi connectivity index (χ0v) is 18.4. The van der Waals surface area contributed by atoms with Gasteiger partial charge in [0.2, 0.25) is 0 Å². The predicted octanol–water partition coefficient (Wildman–Crippen LogP) is 5.42. The lowest BCUT2D eigenvalue weighted by Gasteiger charge is -2.46. The predicted molar refractivity (Wildman–Crippen MR) is 121 cm³/mol. The molecular formula is C25H34N2O3.